The first-order chi connectivity index (χ1) is 5.62. The zero-order valence-corrected chi connectivity index (χ0v) is 12.6. The molecule has 0 spiro atoms. The molecule has 1 N–H and O–H groups in total. The van der Waals surface area contributed by atoms with Crippen LogP contribution in [0.1, 0.15) is 34.1 Å². The van der Waals surface area contributed by atoms with E-state index < -0.39 is 0 Å². The molecule has 0 aromatic heterocycles. The van der Waals surface area contributed by atoms with Gasteiger partial charge >= 0.3 is 0 Å². The summed E-state index contributed by atoms with van der Waals surface area (Å²) in [6, 6.07) is 0. The van der Waals surface area contributed by atoms with Gasteiger partial charge in [0.2, 0.25) is 0 Å². The second kappa shape index (κ2) is 4.26. The van der Waals surface area contributed by atoms with Gasteiger partial charge < -0.3 is 33.8 Å². The maximum absolute atomic E-state index is 3.73. The molecule has 1 fully saturated rings. The van der Waals surface area contributed by atoms with Crippen molar-refractivity contribution in [1.29, 1.82) is 0 Å². The average Bonchev–Trinajstić information content (AvgIpc) is 1.83. The number of nitrogens with zero attached hydrogens (tertiary/aromatic N) is 1. The molecule has 0 radical (unpaired) electrons. The van der Waals surface area contributed by atoms with Crippen molar-refractivity contribution in [3.8, 4) is 0 Å². The highest BCUT2D eigenvalue weighted by Crippen LogP contribution is 2.23. The lowest BCUT2D eigenvalue weighted by Gasteiger charge is -2.36. The summed E-state index contributed by atoms with van der Waals surface area (Å²) >= 11 is 0. The number of nitrogens with one attached hydrogen (secondary N) is 1. The molecule has 0 amide bonds. The molecule has 1 rings (SSSR count). The van der Waals surface area contributed by atoms with Crippen molar-refractivity contribution in [2.45, 2.75) is 45.2 Å². The Hall–Kier alpha value is 0.650. The van der Waals surface area contributed by atoms with E-state index in [1.165, 1.54) is 19.5 Å². The predicted octanol–water partition coefficient (Wildman–Crippen LogP) is -1.38. The number of rotatable bonds is 0. The summed E-state index contributed by atoms with van der Waals surface area (Å²) in [6.07, 6.45) is 1.25. The van der Waals surface area contributed by atoms with Gasteiger partial charge in [0, 0.05) is 12.0 Å². The Morgan fingerprint density at radius 3 is 2.00 bits per heavy atom. The third-order valence-corrected chi connectivity index (χ3v) is 2.84. The summed E-state index contributed by atoms with van der Waals surface area (Å²) in [4.78, 5) is 0. The van der Waals surface area contributed by atoms with Gasteiger partial charge in [0.1, 0.15) is 0 Å². The molecule has 1 saturated heterocycles. The van der Waals surface area contributed by atoms with Crippen molar-refractivity contribution >= 4 is 0 Å². The van der Waals surface area contributed by atoms with Gasteiger partial charge in [-0.1, -0.05) is 0 Å². The minimum atomic E-state index is 0. The average molecular weight is 312 g/mol. The highest BCUT2D eigenvalue weighted by Gasteiger charge is 2.38. The van der Waals surface area contributed by atoms with Crippen LogP contribution in [0.15, 0.2) is 0 Å². The Balaban J connectivity index is 0.00000169. The van der Waals surface area contributed by atoms with Gasteiger partial charge in [-0.05, 0) is 27.7 Å². The van der Waals surface area contributed by atoms with E-state index in [9.17, 15) is 0 Å². The minimum Gasteiger partial charge on any atom is -1.00 e. The Labute approximate surface area is 106 Å². The number of likely N-dealkylation sites (N-methyl/N-ethyl adjacent to an activating group) is 1. The van der Waals surface area contributed by atoms with Gasteiger partial charge in [-0.2, -0.15) is 0 Å². The second-order valence-electron chi connectivity index (χ2n) is 6.46. The van der Waals surface area contributed by atoms with Crippen LogP contribution in [-0.4, -0.2) is 42.7 Å². The first-order valence-electron chi connectivity index (χ1n) is 5.23. The first kappa shape index (κ1) is 14.6. The molecule has 3 heteroatoms. The molecular weight excluding hydrogens is 287 g/mol. The van der Waals surface area contributed by atoms with E-state index >= 15 is 0 Å². The van der Waals surface area contributed by atoms with Crippen molar-refractivity contribution in [1.82, 2.24) is 5.32 Å². The molecule has 1 heterocycles. The summed E-state index contributed by atoms with van der Waals surface area (Å²) in [6.45, 7) is 11.7. The van der Waals surface area contributed by atoms with Crippen LogP contribution in [0.3, 0.4) is 0 Å². The predicted molar refractivity (Wildman–Crippen MR) is 57.8 cm³/mol. The van der Waals surface area contributed by atoms with E-state index in [0.717, 1.165) is 4.48 Å². The van der Waals surface area contributed by atoms with Gasteiger partial charge in [0.25, 0.3) is 0 Å². The first-order valence-corrected chi connectivity index (χ1v) is 5.23. The SMILES string of the molecule is CC1(C)CC[N+](C)(C)CC(C)(C)N1.[I-]. The Morgan fingerprint density at radius 1 is 1.00 bits per heavy atom. The zero-order chi connectivity index (χ0) is 10.3. The molecule has 0 atom stereocenters. The summed E-state index contributed by atoms with van der Waals surface area (Å²) in [5.41, 5.74) is 0.541. The maximum atomic E-state index is 3.73. The summed E-state index contributed by atoms with van der Waals surface area (Å²) < 4.78 is 1.13. The van der Waals surface area contributed by atoms with Gasteiger partial charge in [0.05, 0.1) is 32.7 Å². The lowest BCUT2D eigenvalue weighted by Crippen LogP contribution is -3.00. The Kier molecular flexibility index (Phi) is 4.46. The molecular formula is C11H25IN2. The molecule has 0 unspecified atom stereocenters. The van der Waals surface area contributed by atoms with Crippen LogP contribution in [-0.2, 0) is 0 Å². The fourth-order valence-electron chi connectivity index (χ4n) is 2.75. The van der Waals surface area contributed by atoms with Gasteiger partial charge in [-0.3, -0.25) is 0 Å². The van der Waals surface area contributed by atoms with Crippen molar-refractivity contribution in [3.63, 3.8) is 0 Å². The molecule has 1 aliphatic heterocycles. The molecule has 1 aliphatic rings. The second-order valence-corrected chi connectivity index (χ2v) is 6.46. The van der Waals surface area contributed by atoms with Crippen molar-refractivity contribution in [2.24, 2.45) is 0 Å². The van der Waals surface area contributed by atoms with Crippen molar-refractivity contribution in [2.75, 3.05) is 27.2 Å². The van der Waals surface area contributed by atoms with Crippen LogP contribution in [0.4, 0.5) is 0 Å². The zero-order valence-electron chi connectivity index (χ0n) is 10.4. The molecule has 0 saturated carbocycles. The lowest BCUT2D eigenvalue weighted by molar-refractivity contribution is -0.892. The van der Waals surface area contributed by atoms with Crippen LogP contribution in [0.2, 0.25) is 0 Å². The highest BCUT2D eigenvalue weighted by molar-refractivity contribution is 4.90. The van der Waals surface area contributed by atoms with E-state index in [4.69, 9.17) is 0 Å². The Morgan fingerprint density at radius 2 is 1.50 bits per heavy atom. The van der Waals surface area contributed by atoms with E-state index in [1.807, 2.05) is 0 Å². The van der Waals surface area contributed by atoms with Crippen LogP contribution >= 0.6 is 0 Å². The summed E-state index contributed by atoms with van der Waals surface area (Å²) in [7, 11) is 4.65. The van der Waals surface area contributed by atoms with Crippen LogP contribution in [0, 0.1) is 0 Å². The quantitative estimate of drug-likeness (QED) is 0.429. The number of hydrogen-bond acceptors (Lipinski definition) is 1. The topological polar surface area (TPSA) is 12.0 Å². The molecule has 0 bridgehead atoms. The summed E-state index contributed by atoms with van der Waals surface area (Å²) in [5, 5.41) is 3.73. The third kappa shape index (κ3) is 4.45. The lowest BCUT2D eigenvalue weighted by atomic mass is 9.96. The van der Waals surface area contributed by atoms with E-state index in [2.05, 4.69) is 47.1 Å². The van der Waals surface area contributed by atoms with E-state index in [0.29, 0.717) is 0 Å². The standard InChI is InChI=1S/C11H25N2.HI/c1-10(2)7-8-13(5,6)9-11(3,4)12-10;/h12H,7-9H2,1-6H3;1H/q+1;/p-1. The van der Waals surface area contributed by atoms with E-state index in [1.54, 1.807) is 0 Å². The van der Waals surface area contributed by atoms with Gasteiger partial charge in [-0.25, -0.2) is 0 Å². The van der Waals surface area contributed by atoms with Crippen LogP contribution < -0.4 is 29.3 Å². The van der Waals surface area contributed by atoms with Crippen molar-refractivity contribution < 1.29 is 28.5 Å². The molecule has 2 nitrogen and oxygen atoms in total. The fourth-order valence-corrected chi connectivity index (χ4v) is 2.75. The molecule has 0 aromatic carbocycles. The molecule has 86 valence electrons. The largest absolute Gasteiger partial charge is 1.00 e. The van der Waals surface area contributed by atoms with Crippen molar-refractivity contribution in [3.05, 3.63) is 0 Å². The van der Waals surface area contributed by atoms with Crippen LogP contribution in [0.25, 0.3) is 0 Å². The normalized spacial score (nSPS) is 28.7. The number of halogens is 1. The van der Waals surface area contributed by atoms with Gasteiger partial charge in [-0.15, -0.1) is 0 Å². The minimum absolute atomic E-state index is 0. The maximum Gasteiger partial charge on any atom is 0.0962 e. The van der Waals surface area contributed by atoms with Gasteiger partial charge in [0.15, 0.2) is 0 Å². The fraction of sp³-hybridized carbons (Fsp3) is 1.00. The Bertz CT molecular complexity index is 177. The molecule has 14 heavy (non-hydrogen) atoms. The van der Waals surface area contributed by atoms with E-state index in [-0.39, 0.29) is 35.1 Å². The molecule has 0 aromatic rings. The monoisotopic (exact) mass is 312 g/mol. The third-order valence-electron chi connectivity index (χ3n) is 2.84. The number of hydrogen-bond donors (Lipinski definition) is 1. The smallest absolute Gasteiger partial charge is 0.0962 e. The number of quaternary nitrogens is 1. The van der Waals surface area contributed by atoms with Crippen LogP contribution in [0.5, 0.6) is 0 Å². The highest BCUT2D eigenvalue weighted by atomic mass is 127. The molecule has 0 aliphatic carbocycles. The summed E-state index contributed by atoms with van der Waals surface area (Å²) in [5.74, 6) is 0.